The normalized spacial score (nSPS) is 10.8. The summed E-state index contributed by atoms with van der Waals surface area (Å²) < 4.78 is 6.14. The minimum Gasteiger partial charge on any atom is -0.465 e. The molecule has 0 aliphatic rings. The first kappa shape index (κ1) is 24.0. The zero-order valence-electron chi connectivity index (χ0n) is 18.5. The smallest absolute Gasteiger partial charge is 0.337 e. The van der Waals surface area contributed by atoms with Crippen molar-refractivity contribution in [3.63, 3.8) is 0 Å². The standard InChI is InChI=1S/C23H24N4O5S/c1-14(2)12-24-22(31)26-19(28)13-33-23-25-18-11-15(21(30)32-3)9-10-17(18)20(29)27(23)16-7-5-4-6-8-16/h4-11,14H,12-13H2,1-3H3,(H2,24,26,28,31). The Morgan fingerprint density at radius 2 is 1.85 bits per heavy atom. The summed E-state index contributed by atoms with van der Waals surface area (Å²) in [4.78, 5) is 53.9. The van der Waals surface area contributed by atoms with E-state index in [0.29, 0.717) is 23.1 Å². The Morgan fingerprint density at radius 1 is 1.12 bits per heavy atom. The zero-order chi connectivity index (χ0) is 24.0. The molecule has 3 rings (SSSR count). The molecule has 0 radical (unpaired) electrons. The van der Waals surface area contributed by atoms with Crippen LogP contribution in [0, 0.1) is 5.92 Å². The predicted octanol–water partition coefficient (Wildman–Crippen LogP) is 2.75. The third-order valence-electron chi connectivity index (χ3n) is 4.53. The fourth-order valence-electron chi connectivity index (χ4n) is 2.95. The molecule has 172 valence electrons. The average Bonchev–Trinajstić information content (AvgIpc) is 2.81. The number of ether oxygens (including phenoxy) is 1. The number of imide groups is 1. The van der Waals surface area contributed by atoms with E-state index < -0.39 is 17.9 Å². The lowest BCUT2D eigenvalue weighted by Crippen LogP contribution is -2.41. The topological polar surface area (TPSA) is 119 Å². The summed E-state index contributed by atoms with van der Waals surface area (Å²) in [6.45, 7) is 4.32. The number of methoxy groups -OCH3 is 1. The molecule has 0 atom stereocenters. The van der Waals surface area contributed by atoms with E-state index in [1.807, 2.05) is 19.9 Å². The lowest BCUT2D eigenvalue weighted by Gasteiger charge is -2.13. The van der Waals surface area contributed by atoms with Gasteiger partial charge in [0.05, 0.1) is 35.0 Å². The third-order valence-corrected chi connectivity index (χ3v) is 5.47. The number of esters is 1. The van der Waals surface area contributed by atoms with Crippen LogP contribution in [0.3, 0.4) is 0 Å². The molecular formula is C23H24N4O5S. The lowest BCUT2D eigenvalue weighted by atomic mass is 10.1. The number of thioether (sulfide) groups is 1. The Kier molecular flexibility index (Phi) is 7.83. The molecule has 10 heteroatoms. The fourth-order valence-corrected chi connectivity index (χ4v) is 3.76. The van der Waals surface area contributed by atoms with Crippen LogP contribution in [-0.2, 0) is 9.53 Å². The van der Waals surface area contributed by atoms with Gasteiger partial charge in [-0.05, 0) is 36.2 Å². The van der Waals surface area contributed by atoms with Crippen LogP contribution in [0.25, 0.3) is 16.6 Å². The van der Waals surface area contributed by atoms with Crippen molar-refractivity contribution < 1.29 is 19.1 Å². The Labute approximate surface area is 194 Å². The minimum absolute atomic E-state index is 0.142. The number of hydrogen-bond donors (Lipinski definition) is 2. The molecule has 1 aromatic heterocycles. The van der Waals surface area contributed by atoms with Crippen molar-refractivity contribution in [2.24, 2.45) is 5.92 Å². The molecule has 9 nitrogen and oxygen atoms in total. The van der Waals surface area contributed by atoms with Crippen LogP contribution in [-0.4, -0.2) is 46.9 Å². The number of nitrogens with zero attached hydrogens (tertiary/aromatic N) is 2. The number of nitrogens with one attached hydrogen (secondary N) is 2. The summed E-state index contributed by atoms with van der Waals surface area (Å²) in [7, 11) is 1.27. The lowest BCUT2D eigenvalue weighted by molar-refractivity contribution is -0.117. The largest absolute Gasteiger partial charge is 0.465 e. The quantitative estimate of drug-likeness (QED) is 0.311. The summed E-state index contributed by atoms with van der Waals surface area (Å²) in [5.74, 6) is -0.973. The molecule has 0 fully saturated rings. The Balaban J connectivity index is 1.94. The second-order valence-electron chi connectivity index (χ2n) is 7.53. The first-order valence-corrected chi connectivity index (χ1v) is 11.2. The number of urea groups is 1. The van der Waals surface area contributed by atoms with Crippen LogP contribution in [0.5, 0.6) is 0 Å². The molecule has 0 aliphatic carbocycles. The van der Waals surface area contributed by atoms with Crippen LogP contribution in [0.4, 0.5) is 4.79 Å². The molecule has 0 unspecified atom stereocenters. The van der Waals surface area contributed by atoms with E-state index in [-0.39, 0.29) is 27.9 Å². The number of aromatic nitrogens is 2. The summed E-state index contributed by atoms with van der Waals surface area (Å²) in [6.07, 6.45) is 0. The Bertz CT molecular complexity index is 1240. The second-order valence-corrected chi connectivity index (χ2v) is 8.48. The van der Waals surface area contributed by atoms with Crippen LogP contribution in [0.2, 0.25) is 0 Å². The van der Waals surface area contributed by atoms with E-state index in [1.54, 1.807) is 24.3 Å². The van der Waals surface area contributed by atoms with Gasteiger partial charge in [-0.25, -0.2) is 14.6 Å². The van der Waals surface area contributed by atoms with Crippen LogP contribution in [0.1, 0.15) is 24.2 Å². The monoisotopic (exact) mass is 468 g/mol. The van der Waals surface area contributed by atoms with Crippen molar-refractivity contribution in [3.05, 3.63) is 64.4 Å². The van der Waals surface area contributed by atoms with Crippen LogP contribution >= 0.6 is 11.8 Å². The first-order chi connectivity index (χ1) is 15.8. The van der Waals surface area contributed by atoms with Gasteiger partial charge in [0.1, 0.15) is 0 Å². The van der Waals surface area contributed by atoms with Gasteiger partial charge in [-0.1, -0.05) is 43.8 Å². The van der Waals surface area contributed by atoms with E-state index in [0.717, 1.165) is 11.8 Å². The Hall–Kier alpha value is -3.66. The molecule has 1 heterocycles. The molecule has 2 N–H and O–H groups in total. The maximum Gasteiger partial charge on any atom is 0.337 e. The van der Waals surface area contributed by atoms with Gasteiger partial charge in [-0.15, -0.1) is 0 Å². The van der Waals surface area contributed by atoms with Gasteiger partial charge < -0.3 is 10.1 Å². The number of para-hydroxylation sites is 1. The van der Waals surface area contributed by atoms with Crippen LogP contribution < -0.4 is 16.2 Å². The summed E-state index contributed by atoms with van der Waals surface area (Å²) in [5, 5.41) is 5.43. The number of fused-ring (bicyclic) bond motifs is 1. The minimum atomic E-state index is -0.580. The molecule has 33 heavy (non-hydrogen) atoms. The van der Waals surface area contributed by atoms with Crippen molar-refractivity contribution in [2.75, 3.05) is 19.4 Å². The molecule has 0 saturated heterocycles. The van der Waals surface area contributed by atoms with Gasteiger partial charge in [0.2, 0.25) is 5.91 Å². The van der Waals surface area contributed by atoms with Gasteiger partial charge in [0.15, 0.2) is 5.16 Å². The summed E-state index contributed by atoms with van der Waals surface area (Å²) in [5.41, 5.74) is 0.782. The van der Waals surface area contributed by atoms with Gasteiger partial charge in [0, 0.05) is 6.54 Å². The van der Waals surface area contributed by atoms with Crippen molar-refractivity contribution in [2.45, 2.75) is 19.0 Å². The number of carbonyl (C=O) groups is 3. The molecular weight excluding hydrogens is 444 g/mol. The summed E-state index contributed by atoms with van der Waals surface area (Å²) >= 11 is 1.01. The second kappa shape index (κ2) is 10.8. The van der Waals surface area contributed by atoms with Gasteiger partial charge >= 0.3 is 12.0 Å². The molecule has 3 aromatic rings. The highest BCUT2D eigenvalue weighted by molar-refractivity contribution is 7.99. The van der Waals surface area contributed by atoms with Crippen LogP contribution in [0.15, 0.2) is 58.5 Å². The first-order valence-electron chi connectivity index (χ1n) is 10.2. The highest BCUT2D eigenvalue weighted by atomic mass is 32.2. The molecule has 0 aliphatic heterocycles. The predicted molar refractivity (Wildman–Crippen MR) is 126 cm³/mol. The van der Waals surface area contributed by atoms with Crippen molar-refractivity contribution in [1.82, 2.24) is 20.2 Å². The molecule has 2 aromatic carbocycles. The van der Waals surface area contributed by atoms with Crippen molar-refractivity contribution in [3.8, 4) is 5.69 Å². The van der Waals surface area contributed by atoms with Gasteiger partial charge in [-0.3, -0.25) is 19.5 Å². The van der Waals surface area contributed by atoms with E-state index in [1.165, 1.54) is 29.9 Å². The SMILES string of the molecule is COC(=O)c1ccc2c(=O)n(-c3ccccc3)c(SCC(=O)NC(=O)NCC(C)C)nc2c1. The zero-order valence-corrected chi connectivity index (χ0v) is 19.3. The number of amides is 3. The van der Waals surface area contributed by atoms with E-state index in [2.05, 4.69) is 15.6 Å². The highest BCUT2D eigenvalue weighted by Crippen LogP contribution is 2.22. The highest BCUT2D eigenvalue weighted by Gasteiger charge is 2.17. The van der Waals surface area contributed by atoms with Gasteiger partial charge in [-0.2, -0.15) is 0 Å². The number of carbonyl (C=O) groups excluding carboxylic acids is 3. The van der Waals surface area contributed by atoms with E-state index in [9.17, 15) is 19.2 Å². The van der Waals surface area contributed by atoms with Crippen molar-refractivity contribution in [1.29, 1.82) is 0 Å². The molecule has 0 bridgehead atoms. The number of rotatable bonds is 7. The Morgan fingerprint density at radius 3 is 2.52 bits per heavy atom. The van der Waals surface area contributed by atoms with Crippen molar-refractivity contribution >= 4 is 40.6 Å². The molecule has 0 spiro atoms. The fraction of sp³-hybridized carbons (Fsp3) is 0.261. The number of benzene rings is 2. The van der Waals surface area contributed by atoms with Gasteiger partial charge in [0.25, 0.3) is 5.56 Å². The molecule has 3 amide bonds. The number of hydrogen-bond acceptors (Lipinski definition) is 7. The average molecular weight is 469 g/mol. The van der Waals surface area contributed by atoms with E-state index >= 15 is 0 Å². The third kappa shape index (κ3) is 5.98. The maximum absolute atomic E-state index is 13.3. The maximum atomic E-state index is 13.3. The summed E-state index contributed by atoms with van der Waals surface area (Å²) in [6, 6.07) is 12.8. The molecule has 0 saturated carbocycles. The van der Waals surface area contributed by atoms with E-state index in [4.69, 9.17) is 4.74 Å².